The summed E-state index contributed by atoms with van der Waals surface area (Å²) in [5.74, 6) is -0.622. The molecule has 0 radical (unpaired) electrons. The number of piperazine rings is 1. The van der Waals surface area contributed by atoms with Crippen LogP contribution in [-0.4, -0.2) is 66.1 Å². The zero-order valence-electron chi connectivity index (χ0n) is 16.8. The molecular formula is C23H24ClN3O3. The van der Waals surface area contributed by atoms with E-state index in [4.69, 9.17) is 11.6 Å². The Morgan fingerprint density at radius 1 is 0.900 bits per heavy atom. The molecule has 2 aromatic carbocycles. The Balaban J connectivity index is 1.73. The van der Waals surface area contributed by atoms with Crippen molar-refractivity contribution in [1.29, 1.82) is 0 Å². The van der Waals surface area contributed by atoms with E-state index in [1.54, 1.807) is 36.4 Å². The standard InChI is InChI=1S/C23H24ClN3O3/c1-16-2-8-19(9-3-16)27-22(29)20(17-4-6-18(24)7-5-17)21(23(27)30)26-12-10-25(11-13-26)14-15-28/h2-9,28H,10-15H2,1H3. The normalized spacial score (nSPS) is 18.0. The van der Waals surface area contributed by atoms with Gasteiger partial charge in [-0.3, -0.25) is 14.5 Å². The molecule has 2 aliphatic rings. The van der Waals surface area contributed by atoms with E-state index >= 15 is 0 Å². The molecule has 0 spiro atoms. The van der Waals surface area contributed by atoms with E-state index in [0.717, 1.165) is 18.7 Å². The van der Waals surface area contributed by atoms with Crippen molar-refractivity contribution < 1.29 is 14.7 Å². The number of β-amino-alcohol motifs (C(OH)–C–C–N with tert-alkyl or cyclic N) is 1. The molecule has 0 bridgehead atoms. The van der Waals surface area contributed by atoms with Gasteiger partial charge < -0.3 is 10.0 Å². The van der Waals surface area contributed by atoms with E-state index in [0.29, 0.717) is 47.2 Å². The third-order valence-electron chi connectivity index (χ3n) is 5.59. The Morgan fingerprint density at radius 3 is 2.13 bits per heavy atom. The van der Waals surface area contributed by atoms with E-state index in [2.05, 4.69) is 4.90 Å². The quantitative estimate of drug-likeness (QED) is 0.746. The second-order valence-corrected chi connectivity index (χ2v) is 8.00. The van der Waals surface area contributed by atoms with Gasteiger partial charge >= 0.3 is 0 Å². The first-order valence-corrected chi connectivity index (χ1v) is 10.4. The van der Waals surface area contributed by atoms with Crippen LogP contribution in [0.2, 0.25) is 5.02 Å². The summed E-state index contributed by atoms with van der Waals surface area (Å²) < 4.78 is 0. The van der Waals surface area contributed by atoms with Crippen LogP contribution in [0.5, 0.6) is 0 Å². The summed E-state index contributed by atoms with van der Waals surface area (Å²) in [6.45, 7) is 5.37. The number of nitrogens with zero attached hydrogens (tertiary/aromatic N) is 3. The summed E-state index contributed by atoms with van der Waals surface area (Å²) in [4.78, 5) is 32.3. The van der Waals surface area contributed by atoms with Gasteiger partial charge in [0, 0.05) is 37.7 Å². The van der Waals surface area contributed by atoms with Crippen molar-refractivity contribution in [1.82, 2.24) is 9.80 Å². The van der Waals surface area contributed by atoms with Crippen LogP contribution in [0.25, 0.3) is 5.57 Å². The summed E-state index contributed by atoms with van der Waals surface area (Å²) in [5.41, 5.74) is 3.15. The van der Waals surface area contributed by atoms with Crippen LogP contribution in [0, 0.1) is 6.92 Å². The number of hydrogen-bond acceptors (Lipinski definition) is 5. The molecule has 0 unspecified atom stereocenters. The minimum absolute atomic E-state index is 0.108. The van der Waals surface area contributed by atoms with Crippen molar-refractivity contribution in [3.8, 4) is 0 Å². The third kappa shape index (κ3) is 3.86. The summed E-state index contributed by atoms with van der Waals surface area (Å²) in [7, 11) is 0. The first-order chi connectivity index (χ1) is 14.5. The van der Waals surface area contributed by atoms with E-state index in [1.807, 2.05) is 24.0 Å². The van der Waals surface area contributed by atoms with Crippen LogP contribution < -0.4 is 4.90 Å². The van der Waals surface area contributed by atoms with Gasteiger partial charge in [0.15, 0.2) is 0 Å². The largest absolute Gasteiger partial charge is 0.395 e. The monoisotopic (exact) mass is 425 g/mol. The highest BCUT2D eigenvalue weighted by atomic mass is 35.5. The molecule has 0 aromatic heterocycles. The minimum Gasteiger partial charge on any atom is -0.395 e. The highest BCUT2D eigenvalue weighted by molar-refractivity contribution is 6.45. The Kier molecular flexibility index (Phi) is 5.90. The predicted molar refractivity (Wildman–Crippen MR) is 117 cm³/mol. The fourth-order valence-electron chi connectivity index (χ4n) is 3.95. The lowest BCUT2D eigenvalue weighted by Gasteiger charge is -2.36. The first-order valence-electron chi connectivity index (χ1n) is 10.0. The fraction of sp³-hybridized carbons (Fsp3) is 0.304. The topological polar surface area (TPSA) is 64.1 Å². The molecule has 0 saturated carbocycles. The lowest BCUT2D eigenvalue weighted by molar-refractivity contribution is -0.120. The van der Waals surface area contributed by atoms with E-state index in [9.17, 15) is 14.7 Å². The molecule has 2 aromatic rings. The van der Waals surface area contributed by atoms with Gasteiger partial charge in [0.2, 0.25) is 0 Å². The number of benzene rings is 2. The second kappa shape index (κ2) is 8.60. The number of aryl methyl sites for hydroxylation is 1. The Labute approximate surface area is 181 Å². The third-order valence-corrected chi connectivity index (χ3v) is 5.84. The number of anilines is 1. The van der Waals surface area contributed by atoms with Gasteiger partial charge in [0.05, 0.1) is 17.9 Å². The van der Waals surface area contributed by atoms with Crippen LogP contribution in [0.1, 0.15) is 11.1 Å². The second-order valence-electron chi connectivity index (χ2n) is 7.56. The van der Waals surface area contributed by atoms with E-state index < -0.39 is 0 Å². The number of aliphatic hydroxyl groups excluding tert-OH is 1. The van der Waals surface area contributed by atoms with E-state index in [1.165, 1.54) is 4.90 Å². The molecule has 6 nitrogen and oxygen atoms in total. The number of imide groups is 1. The highest BCUT2D eigenvalue weighted by Crippen LogP contribution is 2.35. The summed E-state index contributed by atoms with van der Waals surface area (Å²) in [5, 5.41) is 9.76. The Morgan fingerprint density at radius 2 is 1.53 bits per heavy atom. The maximum absolute atomic E-state index is 13.5. The van der Waals surface area contributed by atoms with Crippen LogP contribution in [0.3, 0.4) is 0 Å². The van der Waals surface area contributed by atoms with Crippen molar-refractivity contribution in [2.75, 3.05) is 44.2 Å². The molecule has 30 heavy (non-hydrogen) atoms. The molecule has 0 atom stereocenters. The highest BCUT2D eigenvalue weighted by Gasteiger charge is 2.43. The van der Waals surface area contributed by atoms with Crippen LogP contribution in [0.4, 0.5) is 5.69 Å². The number of aliphatic hydroxyl groups is 1. The SMILES string of the molecule is Cc1ccc(N2C(=O)C(c3ccc(Cl)cc3)=C(N3CCN(CCO)CC3)C2=O)cc1. The molecule has 1 N–H and O–H groups in total. The van der Waals surface area contributed by atoms with Crippen LogP contribution in [-0.2, 0) is 9.59 Å². The molecule has 2 heterocycles. The summed E-state index contributed by atoms with van der Waals surface area (Å²) in [6, 6.07) is 14.4. The number of amides is 2. The summed E-state index contributed by atoms with van der Waals surface area (Å²) >= 11 is 6.04. The maximum Gasteiger partial charge on any atom is 0.282 e. The lowest BCUT2D eigenvalue weighted by atomic mass is 10.0. The van der Waals surface area contributed by atoms with Gasteiger partial charge in [-0.25, -0.2) is 4.90 Å². The lowest BCUT2D eigenvalue weighted by Crippen LogP contribution is -2.48. The zero-order chi connectivity index (χ0) is 21.3. The predicted octanol–water partition coefficient (Wildman–Crippen LogP) is 2.54. The number of hydrogen-bond donors (Lipinski definition) is 1. The Bertz CT molecular complexity index is 978. The zero-order valence-corrected chi connectivity index (χ0v) is 17.6. The molecule has 7 heteroatoms. The molecular weight excluding hydrogens is 402 g/mol. The minimum atomic E-state index is -0.320. The van der Waals surface area contributed by atoms with Gasteiger partial charge in [-0.1, -0.05) is 41.4 Å². The number of carbonyl (C=O) groups is 2. The Hall–Kier alpha value is -2.67. The maximum atomic E-state index is 13.5. The van der Waals surface area contributed by atoms with Crippen molar-refractivity contribution in [3.05, 3.63) is 70.4 Å². The van der Waals surface area contributed by atoms with Crippen molar-refractivity contribution in [2.45, 2.75) is 6.92 Å². The molecule has 1 saturated heterocycles. The number of rotatable bonds is 5. The van der Waals surface area contributed by atoms with Gasteiger partial charge in [0.1, 0.15) is 5.70 Å². The van der Waals surface area contributed by atoms with Gasteiger partial charge in [-0.15, -0.1) is 0 Å². The molecule has 0 aliphatic carbocycles. The summed E-state index contributed by atoms with van der Waals surface area (Å²) in [6.07, 6.45) is 0. The van der Waals surface area contributed by atoms with Crippen LogP contribution >= 0.6 is 11.6 Å². The van der Waals surface area contributed by atoms with Gasteiger partial charge in [-0.05, 0) is 36.8 Å². The van der Waals surface area contributed by atoms with E-state index in [-0.39, 0.29) is 18.4 Å². The average Bonchev–Trinajstić information content (AvgIpc) is 3.00. The fourth-order valence-corrected chi connectivity index (χ4v) is 4.08. The molecule has 2 aliphatic heterocycles. The molecule has 156 valence electrons. The smallest absolute Gasteiger partial charge is 0.282 e. The van der Waals surface area contributed by atoms with Crippen molar-refractivity contribution >= 4 is 34.7 Å². The first kappa shape index (κ1) is 20.6. The number of carbonyl (C=O) groups excluding carboxylic acids is 2. The van der Waals surface area contributed by atoms with Gasteiger partial charge in [-0.2, -0.15) is 0 Å². The van der Waals surface area contributed by atoms with Crippen molar-refractivity contribution in [2.24, 2.45) is 0 Å². The van der Waals surface area contributed by atoms with Gasteiger partial charge in [0.25, 0.3) is 11.8 Å². The molecule has 2 amide bonds. The van der Waals surface area contributed by atoms with Crippen LogP contribution in [0.15, 0.2) is 54.2 Å². The molecule has 4 rings (SSSR count). The average molecular weight is 426 g/mol. The molecule has 1 fully saturated rings. The number of halogens is 1. The van der Waals surface area contributed by atoms with Crippen molar-refractivity contribution in [3.63, 3.8) is 0 Å².